The predicted molar refractivity (Wildman–Crippen MR) is 105 cm³/mol. The average Bonchev–Trinajstić information content (AvgIpc) is 3.02. The molecule has 0 spiro atoms. The summed E-state index contributed by atoms with van der Waals surface area (Å²) in [5.74, 6) is 1.18. The van der Waals surface area contributed by atoms with Gasteiger partial charge in [-0.2, -0.15) is 0 Å². The van der Waals surface area contributed by atoms with Crippen LogP contribution in [0.4, 0.5) is 0 Å². The minimum Gasteiger partial charge on any atom is -0.327 e. The Morgan fingerprint density at radius 3 is 2.38 bits per heavy atom. The van der Waals surface area contributed by atoms with Crippen molar-refractivity contribution in [1.82, 2.24) is 24.3 Å². The summed E-state index contributed by atoms with van der Waals surface area (Å²) < 4.78 is 2.35. The monoisotopic (exact) mass is 349 g/mol. The first-order chi connectivity index (χ1) is 12.7. The third-order valence-electron chi connectivity index (χ3n) is 5.37. The van der Waals surface area contributed by atoms with Crippen LogP contribution in [0, 0.1) is 6.92 Å². The Labute approximate surface area is 155 Å². The number of hydrogen-bond acceptors (Lipinski definition) is 4. The van der Waals surface area contributed by atoms with Gasteiger partial charge in [0.2, 0.25) is 0 Å². The van der Waals surface area contributed by atoms with Gasteiger partial charge in [-0.3, -0.25) is 14.8 Å². The van der Waals surface area contributed by atoms with Crippen LogP contribution in [0.3, 0.4) is 0 Å². The fourth-order valence-corrected chi connectivity index (χ4v) is 3.80. The third-order valence-corrected chi connectivity index (χ3v) is 5.37. The highest BCUT2D eigenvalue weighted by molar-refractivity contribution is 5.75. The fraction of sp³-hybridized carbons (Fsp3) is 0.429. The number of rotatable bonds is 5. The first kappa shape index (κ1) is 17.2. The van der Waals surface area contributed by atoms with E-state index in [1.807, 2.05) is 12.3 Å². The maximum atomic E-state index is 4.87. The molecular weight excluding hydrogens is 322 g/mol. The zero-order valence-electron chi connectivity index (χ0n) is 15.7. The molecule has 0 N–H and O–H groups in total. The molecule has 1 saturated heterocycles. The van der Waals surface area contributed by atoms with Gasteiger partial charge in [-0.1, -0.05) is 18.2 Å². The van der Waals surface area contributed by atoms with Crippen LogP contribution in [0.2, 0.25) is 0 Å². The number of hydrogen-bond donors (Lipinski definition) is 0. The second-order valence-electron chi connectivity index (χ2n) is 7.08. The molecule has 4 rings (SSSR count). The SMILES string of the molecule is CCn1c(CN2CCN(Cc3ncccc3C)CC2)nc2ccccc21. The summed E-state index contributed by atoms with van der Waals surface area (Å²) in [6, 6.07) is 12.6. The van der Waals surface area contributed by atoms with Crippen molar-refractivity contribution in [2.75, 3.05) is 26.2 Å². The van der Waals surface area contributed by atoms with Crippen LogP contribution in [-0.4, -0.2) is 50.5 Å². The first-order valence-corrected chi connectivity index (χ1v) is 9.54. The molecular formula is C21H27N5. The Hall–Kier alpha value is -2.24. The van der Waals surface area contributed by atoms with Crippen molar-refractivity contribution in [1.29, 1.82) is 0 Å². The van der Waals surface area contributed by atoms with Gasteiger partial charge in [0.05, 0.1) is 23.3 Å². The van der Waals surface area contributed by atoms with Crippen molar-refractivity contribution in [3.05, 3.63) is 59.7 Å². The summed E-state index contributed by atoms with van der Waals surface area (Å²) in [6.07, 6.45) is 1.90. The maximum absolute atomic E-state index is 4.87. The highest BCUT2D eigenvalue weighted by atomic mass is 15.3. The lowest BCUT2D eigenvalue weighted by molar-refractivity contribution is 0.118. The molecule has 0 atom stereocenters. The maximum Gasteiger partial charge on any atom is 0.124 e. The Kier molecular flexibility index (Phi) is 5.00. The van der Waals surface area contributed by atoms with Gasteiger partial charge < -0.3 is 4.57 Å². The van der Waals surface area contributed by atoms with E-state index < -0.39 is 0 Å². The fourth-order valence-electron chi connectivity index (χ4n) is 3.80. The molecule has 0 saturated carbocycles. The van der Waals surface area contributed by atoms with Crippen molar-refractivity contribution in [3.63, 3.8) is 0 Å². The summed E-state index contributed by atoms with van der Waals surface area (Å²) in [5.41, 5.74) is 4.84. The van der Waals surface area contributed by atoms with E-state index in [-0.39, 0.29) is 0 Å². The van der Waals surface area contributed by atoms with Gasteiger partial charge in [0.1, 0.15) is 5.82 Å². The Balaban J connectivity index is 1.39. The Bertz CT molecular complexity index is 877. The van der Waals surface area contributed by atoms with Crippen LogP contribution in [-0.2, 0) is 19.6 Å². The standard InChI is InChI=1S/C21H27N5/c1-3-26-20-9-5-4-8-18(20)23-21(26)16-25-13-11-24(12-14-25)15-19-17(2)7-6-10-22-19/h4-10H,3,11-16H2,1-2H3. The molecule has 5 heteroatoms. The van der Waals surface area contributed by atoms with Gasteiger partial charge in [0, 0.05) is 45.5 Å². The molecule has 3 aromatic rings. The second-order valence-corrected chi connectivity index (χ2v) is 7.08. The van der Waals surface area contributed by atoms with Crippen LogP contribution in [0.5, 0.6) is 0 Å². The highest BCUT2D eigenvalue weighted by Gasteiger charge is 2.20. The van der Waals surface area contributed by atoms with Crippen LogP contribution >= 0.6 is 0 Å². The number of fused-ring (bicyclic) bond motifs is 1. The van der Waals surface area contributed by atoms with Crippen molar-refractivity contribution >= 4 is 11.0 Å². The number of aromatic nitrogens is 3. The molecule has 0 radical (unpaired) electrons. The topological polar surface area (TPSA) is 37.2 Å². The minimum absolute atomic E-state index is 0.930. The molecule has 0 bridgehead atoms. The van der Waals surface area contributed by atoms with E-state index in [0.29, 0.717) is 0 Å². The molecule has 0 unspecified atom stereocenters. The van der Waals surface area contributed by atoms with Crippen molar-refractivity contribution in [2.45, 2.75) is 33.5 Å². The van der Waals surface area contributed by atoms with Crippen molar-refractivity contribution in [2.24, 2.45) is 0 Å². The molecule has 5 nitrogen and oxygen atoms in total. The third kappa shape index (κ3) is 3.50. The van der Waals surface area contributed by atoms with E-state index in [1.54, 1.807) is 0 Å². The average molecular weight is 349 g/mol. The molecule has 0 amide bonds. The Morgan fingerprint density at radius 2 is 1.65 bits per heavy atom. The van der Waals surface area contributed by atoms with Crippen molar-refractivity contribution in [3.8, 4) is 0 Å². The number of pyridine rings is 1. The van der Waals surface area contributed by atoms with Gasteiger partial charge >= 0.3 is 0 Å². The van der Waals surface area contributed by atoms with Gasteiger partial charge in [-0.05, 0) is 37.6 Å². The van der Waals surface area contributed by atoms with E-state index >= 15 is 0 Å². The number of nitrogens with zero attached hydrogens (tertiary/aromatic N) is 5. The number of aryl methyl sites for hydroxylation is 2. The molecule has 1 aliphatic heterocycles. The zero-order valence-corrected chi connectivity index (χ0v) is 15.7. The summed E-state index contributed by atoms with van der Waals surface area (Å²) in [4.78, 5) is 14.4. The summed E-state index contributed by atoms with van der Waals surface area (Å²) in [5, 5.41) is 0. The van der Waals surface area contributed by atoms with Crippen LogP contribution < -0.4 is 0 Å². The largest absolute Gasteiger partial charge is 0.327 e. The van der Waals surface area contributed by atoms with Gasteiger partial charge in [-0.25, -0.2) is 4.98 Å². The van der Waals surface area contributed by atoms with E-state index in [0.717, 1.165) is 51.3 Å². The summed E-state index contributed by atoms with van der Waals surface area (Å²) in [7, 11) is 0. The van der Waals surface area contributed by atoms with Gasteiger partial charge in [0.15, 0.2) is 0 Å². The minimum atomic E-state index is 0.930. The van der Waals surface area contributed by atoms with E-state index in [9.17, 15) is 0 Å². The number of imidazole rings is 1. The molecule has 26 heavy (non-hydrogen) atoms. The van der Waals surface area contributed by atoms with Crippen LogP contribution in [0.15, 0.2) is 42.6 Å². The quantitative estimate of drug-likeness (QED) is 0.709. The molecule has 1 aliphatic rings. The smallest absolute Gasteiger partial charge is 0.124 e. The lowest BCUT2D eigenvalue weighted by Crippen LogP contribution is -2.45. The molecule has 1 aromatic carbocycles. The Morgan fingerprint density at radius 1 is 0.923 bits per heavy atom. The van der Waals surface area contributed by atoms with Crippen LogP contribution in [0.1, 0.15) is 24.0 Å². The number of benzene rings is 1. The predicted octanol–water partition coefficient (Wildman–Crippen LogP) is 3.08. The van der Waals surface area contributed by atoms with E-state index in [2.05, 4.69) is 63.5 Å². The van der Waals surface area contributed by atoms with Crippen LogP contribution in [0.25, 0.3) is 11.0 Å². The molecule has 2 aromatic heterocycles. The lowest BCUT2D eigenvalue weighted by atomic mass is 10.2. The lowest BCUT2D eigenvalue weighted by Gasteiger charge is -2.34. The van der Waals surface area contributed by atoms with Gasteiger partial charge in [0.25, 0.3) is 0 Å². The number of piperazine rings is 1. The molecule has 1 fully saturated rings. The van der Waals surface area contributed by atoms with Crippen molar-refractivity contribution < 1.29 is 0 Å². The van der Waals surface area contributed by atoms with E-state index in [4.69, 9.17) is 4.98 Å². The van der Waals surface area contributed by atoms with Gasteiger partial charge in [-0.15, -0.1) is 0 Å². The molecule has 0 aliphatic carbocycles. The second kappa shape index (κ2) is 7.56. The first-order valence-electron chi connectivity index (χ1n) is 9.54. The molecule has 3 heterocycles. The molecule has 136 valence electrons. The zero-order chi connectivity index (χ0) is 17.9. The summed E-state index contributed by atoms with van der Waals surface area (Å²) in [6.45, 7) is 11.5. The normalized spacial score (nSPS) is 16.4. The summed E-state index contributed by atoms with van der Waals surface area (Å²) >= 11 is 0. The van der Waals surface area contributed by atoms with E-state index in [1.165, 1.54) is 22.6 Å². The number of para-hydroxylation sites is 2. The highest BCUT2D eigenvalue weighted by Crippen LogP contribution is 2.18.